The Hall–Kier alpha value is -0.300. The van der Waals surface area contributed by atoms with Gasteiger partial charge in [0.25, 0.3) is 0 Å². The minimum Gasteiger partial charge on any atom is -0.0888 e. The maximum atomic E-state index is 3.74. The van der Waals surface area contributed by atoms with E-state index in [-0.39, 0.29) is 0 Å². The normalized spacial score (nSPS) is 13.2. The molecule has 0 aliphatic heterocycles. The van der Waals surface area contributed by atoms with E-state index in [2.05, 4.69) is 61.8 Å². The number of hydrogen-bond acceptors (Lipinski definition) is 0. The number of rotatable bonds is 4. The largest absolute Gasteiger partial charge is 0.0888 e. The van der Waals surface area contributed by atoms with E-state index in [1.165, 1.54) is 29.5 Å². The quantitative estimate of drug-likeness (QED) is 0.697. The molecule has 0 amide bonds. The predicted octanol–water partition coefficient (Wildman–Crippen LogP) is 4.66. The Morgan fingerprint density at radius 1 is 1.07 bits per heavy atom. The topological polar surface area (TPSA) is 0 Å². The molecule has 84 valence electrons. The Labute approximate surface area is 102 Å². The molecule has 0 heterocycles. The van der Waals surface area contributed by atoms with Gasteiger partial charge in [0.2, 0.25) is 0 Å². The summed E-state index contributed by atoms with van der Waals surface area (Å²) >= 11 is 3.74. The highest BCUT2D eigenvalue weighted by Gasteiger charge is 2.08. The number of benzene rings is 1. The van der Waals surface area contributed by atoms with Gasteiger partial charge in [0, 0.05) is 4.83 Å². The first kappa shape index (κ1) is 12.8. The van der Waals surface area contributed by atoms with E-state index in [0.717, 1.165) is 5.92 Å². The molecule has 0 saturated heterocycles. The van der Waals surface area contributed by atoms with Gasteiger partial charge in [-0.25, -0.2) is 0 Å². The van der Waals surface area contributed by atoms with Crippen LogP contribution < -0.4 is 0 Å². The molecule has 15 heavy (non-hydrogen) atoms. The third-order valence-electron chi connectivity index (χ3n) is 2.71. The number of alkyl halides is 1. The van der Waals surface area contributed by atoms with Crippen LogP contribution in [0.4, 0.5) is 0 Å². The average molecular weight is 269 g/mol. The maximum Gasteiger partial charge on any atom is 0.0172 e. The van der Waals surface area contributed by atoms with Crippen molar-refractivity contribution in [3.63, 3.8) is 0 Å². The van der Waals surface area contributed by atoms with Gasteiger partial charge in [0.15, 0.2) is 0 Å². The Kier molecular flexibility index (Phi) is 4.85. The standard InChI is InChI=1S/C14H21Br/c1-10(2)14(15)6-5-13-8-11(3)7-12(4)9-13/h7-10,14H,5-6H2,1-4H3. The second kappa shape index (κ2) is 5.69. The van der Waals surface area contributed by atoms with Crippen molar-refractivity contribution in [1.29, 1.82) is 0 Å². The zero-order valence-corrected chi connectivity index (χ0v) is 11.8. The van der Waals surface area contributed by atoms with Crippen molar-refractivity contribution in [2.45, 2.75) is 45.4 Å². The fraction of sp³-hybridized carbons (Fsp3) is 0.571. The van der Waals surface area contributed by atoms with Gasteiger partial charge in [0.05, 0.1) is 0 Å². The second-order valence-electron chi connectivity index (χ2n) is 4.79. The molecule has 0 spiro atoms. The maximum absolute atomic E-state index is 3.74. The summed E-state index contributed by atoms with van der Waals surface area (Å²) in [5.41, 5.74) is 4.22. The van der Waals surface area contributed by atoms with E-state index in [1.807, 2.05) is 0 Å². The predicted molar refractivity (Wildman–Crippen MR) is 71.8 cm³/mol. The first-order valence-electron chi connectivity index (χ1n) is 5.70. The smallest absolute Gasteiger partial charge is 0.0172 e. The van der Waals surface area contributed by atoms with Crippen LogP contribution in [0, 0.1) is 19.8 Å². The lowest BCUT2D eigenvalue weighted by Crippen LogP contribution is -2.08. The highest BCUT2D eigenvalue weighted by atomic mass is 79.9. The molecule has 1 aromatic rings. The highest BCUT2D eigenvalue weighted by molar-refractivity contribution is 9.09. The Morgan fingerprint density at radius 3 is 2.07 bits per heavy atom. The summed E-state index contributed by atoms with van der Waals surface area (Å²) in [7, 11) is 0. The Bertz CT molecular complexity index is 295. The van der Waals surface area contributed by atoms with Crippen molar-refractivity contribution >= 4 is 15.9 Å². The fourth-order valence-corrected chi connectivity index (χ4v) is 2.08. The SMILES string of the molecule is Cc1cc(C)cc(CCC(Br)C(C)C)c1. The van der Waals surface area contributed by atoms with Crippen LogP contribution in [0.25, 0.3) is 0 Å². The lowest BCUT2D eigenvalue weighted by Gasteiger charge is -2.13. The minimum absolute atomic E-state index is 0.637. The van der Waals surface area contributed by atoms with Crippen LogP contribution >= 0.6 is 15.9 Å². The molecule has 1 aromatic carbocycles. The lowest BCUT2D eigenvalue weighted by atomic mass is 10.00. The van der Waals surface area contributed by atoms with Crippen molar-refractivity contribution in [2.75, 3.05) is 0 Å². The third kappa shape index (κ3) is 4.38. The van der Waals surface area contributed by atoms with Gasteiger partial charge in [0.1, 0.15) is 0 Å². The van der Waals surface area contributed by atoms with Crippen LogP contribution in [0.5, 0.6) is 0 Å². The molecular formula is C14H21Br. The lowest BCUT2D eigenvalue weighted by molar-refractivity contribution is 0.581. The fourth-order valence-electron chi connectivity index (χ4n) is 1.85. The van der Waals surface area contributed by atoms with Crippen LogP contribution in [-0.2, 0) is 6.42 Å². The summed E-state index contributed by atoms with van der Waals surface area (Å²) < 4.78 is 0. The van der Waals surface area contributed by atoms with Crippen molar-refractivity contribution in [3.05, 3.63) is 34.9 Å². The zero-order chi connectivity index (χ0) is 11.4. The van der Waals surface area contributed by atoms with Gasteiger partial charge < -0.3 is 0 Å². The van der Waals surface area contributed by atoms with E-state index in [0.29, 0.717) is 4.83 Å². The van der Waals surface area contributed by atoms with Gasteiger partial charge in [-0.1, -0.05) is 59.1 Å². The average Bonchev–Trinajstić information content (AvgIpc) is 2.12. The molecule has 0 aromatic heterocycles. The molecule has 1 atom stereocenters. The summed E-state index contributed by atoms with van der Waals surface area (Å²) in [4.78, 5) is 0.637. The molecule has 0 aliphatic rings. The molecule has 0 N–H and O–H groups in total. The molecule has 0 bridgehead atoms. The highest BCUT2D eigenvalue weighted by Crippen LogP contribution is 2.19. The summed E-state index contributed by atoms with van der Waals surface area (Å²) in [6.07, 6.45) is 2.40. The van der Waals surface area contributed by atoms with Gasteiger partial charge in [-0.3, -0.25) is 0 Å². The van der Waals surface area contributed by atoms with Crippen molar-refractivity contribution < 1.29 is 0 Å². The number of aryl methyl sites for hydroxylation is 3. The monoisotopic (exact) mass is 268 g/mol. The van der Waals surface area contributed by atoms with E-state index in [1.54, 1.807) is 0 Å². The minimum atomic E-state index is 0.637. The number of hydrogen-bond donors (Lipinski definition) is 0. The molecule has 0 radical (unpaired) electrons. The van der Waals surface area contributed by atoms with Crippen LogP contribution in [0.2, 0.25) is 0 Å². The van der Waals surface area contributed by atoms with E-state index in [9.17, 15) is 0 Å². The summed E-state index contributed by atoms with van der Waals surface area (Å²) in [5.74, 6) is 0.718. The molecular weight excluding hydrogens is 248 g/mol. The molecule has 1 unspecified atom stereocenters. The van der Waals surface area contributed by atoms with Crippen molar-refractivity contribution in [1.82, 2.24) is 0 Å². The molecule has 0 fully saturated rings. The summed E-state index contributed by atoms with van der Waals surface area (Å²) in [6, 6.07) is 6.83. The first-order valence-corrected chi connectivity index (χ1v) is 6.62. The molecule has 0 saturated carbocycles. The van der Waals surface area contributed by atoms with E-state index < -0.39 is 0 Å². The zero-order valence-electron chi connectivity index (χ0n) is 10.2. The van der Waals surface area contributed by atoms with Crippen LogP contribution in [0.3, 0.4) is 0 Å². The van der Waals surface area contributed by atoms with E-state index >= 15 is 0 Å². The van der Waals surface area contributed by atoms with Crippen LogP contribution in [-0.4, -0.2) is 4.83 Å². The van der Waals surface area contributed by atoms with Crippen LogP contribution in [0.15, 0.2) is 18.2 Å². The van der Waals surface area contributed by atoms with Crippen molar-refractivity contribution in [2.24, 2.45) is 5.92 Å². The molecule has 0 aliphatic carbocycles. The van der Waals surface area contributed by atoms with Crippen LogP contribution in [0.1, 0.15) is 37.0 Å². The van der Waals surface area contributed by atoms with Gasteiger partial charge in [-0.2, -0.15) is 0 Å². The summed E-state index contributed by atoms with van der Waals surface area (Å²) in [5, 5.41) is 0. The Balaban J connectivity index is 2.57. The first-order chi connectivity index (χ1) is 6.99. The molecule has 1 rings (SSSR count). The Morgan fingerprint density at radius 2 is 1.60 bits per heavy atom. The van der Waals surface area contributed by atoms with E-state index in [4.69, 9.17) is 0 Å². The van der Waals surface area contributed by atoms with Crippen molar-refractivity contribution in [3.8, 4) is 0 Å². The molecule has 0 nitrogen and oxygen atoms in total. The molecule has 1 heteroatoms. The third-order valence-corrected chi connectivity index (χ3v) is 4.23. The summed E-state index contributed by atoms with van der Waals surface area (Å²) in [6.45, 7) is 8.87. The van der Waals surface area contributed by atoms with Gasteiger partial charge in [-0.05, 0) is 38.2 Å². The van der Waals surface area contributed by atoms with Gasteiger partial charge in [-0.15, -0.1) is 0 Å². The second-order valence-corrected chi connectivity index (χ2v) is 5.97. The number of halogens is 1. The van der Waals surface area contributed by atoms with Gasteiger partial charge >= 0.3 is 0 Å².